The van der Waals surface area contributed by atoms with Crippen LogP contribution in [0.2, 0.25) is 0 Å². The molecule has 1 fully saturated rings. The van der Waals surface area contributed by atoms with Crippen molar-refractivity contribution in [1.29, 1.82) is 0 Å². The molecule has 0 aromatic heterocycles. The van der Waals surface area contributed by atoms with Gasteiger partial charge in [0.05, 0.1) is 11.2 Å². The Labute approximate surface area is 179 Å². The average Bonchev–Trinajstić information content (AvgIpc) is 2.82. The van der Waals surface area contributed by atoms with Gasteiger partial charge in [-0.1, -0.05) is 36.1 Å². The molecule has 1 aliphatic rings. The van der Waals surface area contributed by atoms with Crippen molar-refractivity contribution in [1.82, 2.24) is 0 Å². The van der Waals surface area contributed by atoms with E-state index in [9.17, 15) is 0 Å². The van der Waals surface area contributed by atoms with E-state index >= 15 is 0 Å². The van der Waals surface area contributed by atoms with E-state index in [2.05, 4.69) is 36.1 Å². The van der Waals surface area contributed by atoms with Crippen LogP contribution in [0.3, 0.4) is 0 Å². The third-order valence-corrected chi connectivity index (χ3v) is 5.93. The molecule has 0 saturated heterocycles. The molecule has 30 heavy (non-hydrogen) atoms. The summed E-state index contributed by atoms with van der Waals surface area (Å²) in [7, 11) is 3.27. The van der Waals surface area contributed by atoms with Crippen molar-refractivity contribution in [2.75, 3.05) is 27.8 Å². The molecule has 0 radical (unpaired) electrons. The number of terminal acetylenes is 2. The van der Waals surface area contributed by atoms with Crippen molar-refractivity contribution in [3.8, 4) is 24.7 Å². The predicted molar refractivity (Wildman–Crippen MR) is 117 cm³/mol. The molecule has 1 saturated carbocycles. The topological polar surface area (TPSA) is 36.9 Å². The Balaban J connectivity index is 1.90. The fourth-order valence-electron chi connectivity index (χ4n) is 4.17. The predicted octanol–water partition coefficient (Wildman–Crippen LogP) is 4.56. The lowest BCUT2D eigenvalue weighted by Crippen LogP contribution is -2.43. The van der Waals surface area contributed by atoms with Crippen LogP contribution in [0.4, 0.5) is 0 Å². The maximum atomic E-state index is 6.26. The summed E-state index contributed by atoms with van der Waals surface area (Å²) in [5.41, 5.74) is 2.98. The van der Waals surface area contributed by atoms with Gasteiger partial charge in [0.15, 0.2) is 0 Å². The molecular formula is C26H28O4. The third kappa shape index (κ3) is 4.59. The van der Waals surface area contributed by atoms with Gasteiger partial charge in [0, 0.05) is 25.3 Å². The molecule has 0 amide bonds. The number of ether oxygens (including phenoxy) is 4. The Morgan fingerprint density at radius 2 is 1.00 bits per heavy atom. The standard InChI is InChI=1S/C26H28O4/c1-5-21-7-11-23(12-8-21)25(29-19-27-3)15-17-26(18-16-25,30-20-28-4)24-13-9-22(6-2)10-14-24/h1-2,7-14H,15-20H2,3-4H3. The quantitative estimate of drug-likeness (QED) is 0.478. The summed E-state index contributed by atoms with van der Waals surface area (Å²) in [6, 6.07) is 16.0. The van der Waals surface area contributed by atoms with Gasteiger partial charge in [0.25, 0.3) is 0 Å². The van der Waals surface area contributed by atoms with Gasteiger partial charge in [-0.3, -0.25) is 0 Å². The Hall–Kier alpha value is -2.60. The fourth-order valence-corrected chi connectivity index (χ4v) is 4.17. The molecule has 2 aromatic carbocycles. The van der Waals surface area contributed by atoms with Crippen LogP contribution < -0.4 is 0 Å². The maximum Gasteiger partial charge on any atom is 0.147 e. The van der Waals surface area contributed by atoms with Crippen molar-refractivity contribution in [2.24, 2.45) is 0 Å². The molecule has 0 unspecified atom stereocenters. The lowest BCUT2D eigenvalue weighted by molar-refractivity contribution is -0.203. The highest BCUT2D eigenvalue weighted by atomic mass is 16.7. The molecule has 0 bridgehead atoms. The van der Waals surface area contributed by atoms with Gasteiger partial charge >= 0.3 is 0 Å². The van der Waals surface area contributed by atoms with Gasteiger partial charge in [-0.2, -0.15) is 0 Å². The first-order valence-corrected chi connectivity index (χ1v) is 10.0. The van der Waals surface area contributed by atoms with Crippen LogP contribution in [-0.2, 0) is 30.1 Å². The summed E-state index contributed by atoms with van der Waals surface area (Å²) in [6.07, 6.45) is 14.1. The van der Waals surface area contributed by atoms with Crippen LogP contribution in [-0.4, -0.2) is 27.8 Å². The van der Waals surface area contributed by atoms with Crippen molar-refractivity contribution in [2.45, 2.75) is 36.9 Å². The van der Waals surface area contributed by atoms with Gasteiger partial charge in [-0.25, -0.2) is 0 Å². The molecule has 0 N–H and O–H groups in total. The minimum absolute atomic E-state index is 0.222. The van der Waals surface area contributed by atoms with E-state index in [1.54, 1.807) is 14.2 Å². The molecule has 0 atom stereocenters. The van der Waals surface area contributed by atoms with E-state index in [-0.39, 0.29) is 13.6 Å². The largest absolute Gasteiger partial charge is 0.359 e. The summed E-state index contributed by atoms with van der Waals surface area (Å²) in [4.78, 5) is 0. The Morgan fingerprint density at radius 3 is 1.27 bits per heavy atom. The van der Waals surface area contributed by atoms with E-state index < -0.39 is 11.2 Å². The SMILES string of the molecule is C#Cc1ccc(C2(OCOC)CCC(OCOC)(c3ccc(C#C)cc3)CC2)cc1. The zero-order valence-electron chi connectivity index (χ0n) is 17.6. The molecule has 1 aliphatic carbocycles. The van der Waals surface area contributed by atoms with Crippen LogP contribution in [0, 0.1) is 24.7 Å². The van der Waals surface area contributed by atoms with Gasteiger partial charge in [0.1, 0.15) is 13.6 Å². The van der Waals surface area contributed by atoms with Crippen molar-refractivity contribution < 1.29 is 18.9 Å². The van der Waals surface area contributed by atoms with Crippen LogP contribution >= 0.6 is 0 Å². The van der Waals surface area contributed by atoms with Crippen molar-refractivity contribution >= 4 is 0 Å². The van der Waals surface area contributed by atoms with Crippen molar-refractivity contribution in [3.63, 3.8) is 0 Å². The van der Waals surface area contributed by atoms with Crippen LogP contribution in [0.5, 0.6) is 0 Å². The van der Waals surface area contributed by atoms with Gasteiger partial charge in [0.2, 0.25) is 0 Å². The molecule has 4 heteroatoms. The fraction of sp³-hybridized carbons (Fsp3) is 0.385. The third-order valence-electron chi connectivity index (χ3n) is 5.93. The molecule has 0 heterocycles. The Kier molecular flexibility index (Phi) is 7.32. The Morgan fingerprint density at radius 1 is 0.667 bits per heavy atom. The summed E-state index contributed by atoms with van der Waals surface area (Å²) >= 11 is 0. The monoisotopic (exact) mass is 404 g/mol. The van der Waals surface area contributed by atoms with Gasteiger partial charge in [-0.05, 0) is 61.1 Å². The molecule has 2 aromatic rings. The normalized spacial score (nSPS) is 23.5. The first-order chi connectivity index (χ1) is 14.6. The summed E-state index contributed by atoms with van der Waals surface area (Å²) in [5.74, 6) is 5.33. The average molecular weight is 405 g/mol. The lowest BCUT2D eigenvalue weighted by Gasteiger charge is -2.46. The second-order valence-corrected chi connectivity index (χ2v) is 7.53. The Bertz CT molecular complexity index is 815. The highest BCUT2D eigenvalue weighted by Gasteiger charge is 2.46. The van der Waals surface area contributed by atoms with Crippen LogP contribution in [0.15, 0.2) is 48.5 Å². The van der Waals surface area contributed by atoms with E-state index in [0.29, 0.717) is 0 Å². The number of hydrogen-bond acceptors (Lipinski definition) is 4. The highest BCUT2D eigenvalue weighted by molar-refractivity contribution is 5.38. The maximum absolute atomic E-state index is 6.26. The number of benzene rings is 2. The number of rotatable bonds is 8. The minimum Gasteiger partial charge on any atom is -0.359 e. The summed E-state index contributed by atoms with van der Waals surface area (Å²) < 4.78 is 23.0. The van der Waals surface area contributed by atoms with Crippen LogP contribution in [0.1, 0.15) is 47.9 Å². The van der Waals surface area contributed by atoms with Gasteiger partial charge < -0.3 is 18.9 Å². The molecule has 0 aliphatic heterocycles. The zero-order valence-corrected chi connectivity index (χ0v) is 17.6. The van der Waals surface area contributed by atoms with Crippen molar-refractivity contribution in [3.05, 3.63) is 70.8 Å². The second kappa shape index (κ2) is 9.94. The van der Waals surface area contributed by atoms with Gasteiger partial charge in [-0.15, -0.1) is 12.8 Å². The number of methoxy groups -OCH3 is 2. The first-order valence-electron chi connectivity index (χ1n) is 10.0. The second-order valence-electron chi connectivity index (χ2n) is 7.53. The van der Waals surface area contributed by atoms with Crippen LogP contribution in [0.25, 0.3) is 0 Å². The summed E-state index contributed by atoms with van der Waals surface area (Å²) in [6.45, 7) is 0.444. The van der Waals surface area contributed by atoms with E-state index in [1.165, 1.54) is 0 Å². The molecule has 156 valence electrons. The minimum atomic E-state index is -0.457. The smallest absolute Gasteiger partial charge is 0.147 e. The molecular weight excluding hydrogens is 376 g/mol. The molecule has 0 spiro atoms. The highest BCUT2D eigenvalue weighted by Crippen LogP contribution is 2.49. The molecule has 3 rings (SSSR count). The lowest BCUT2D eigenvalue weighted by atomic mass is 9.70. The summed E-state index contributed by atoms with van der Waals surface area (Å²) in [5, 5.41) is 0. The number of hydrogen-bond donors (Lipinski definition) is 0. The molecule has 4 nitrogen and oxygen atoms in total. The zero-order chi connectivity index (χ0) is 21.5. The van der Waals surface area contributed by atoms with E-state index in [0.717, 1.165) is 47.9 Å². The first kappa shape index (κ1) is 22.1. The van der Waals surface area contributed by atoms with E-state index in [4.69, 9.17) is 31.8 Å². The van der Waals surface area contributed by atoms with E-state index in [1.807, 2.05) is 24.3 Å².